The van der Waals surface area contributed by atoms with Crippen molar-refractivity contribution in [3.63, 3.8) is 0 Å². The Kier molecular flexibility index (Phi) is 6.66. The summed E-state index contributed by atoms with van der Waals surface area (Å²) in [6.45, 7) is 6.59. The molecular weight excluding hydrogens is 444 g/mol. The molecule has 32 heavy (non-hydrogen) atoms. The van der Waals surface area contributed by atoms with Crippen LogP contribution in [0.5, 0.6) is 0 Å². The number of rotatable bonds is 8. The maximum absolute atomic E-state index is 12.6. The lowest BCUT2D eigenvalue weighted by atomic mass is 10.1. The molecule has 0 aliphatic heterocycles. The van der Waals surface area contributed by atoms with Gasteiger partial charge in [0.05, 0.1) is 18.4 Å². The highest BCUT2D eigenvalue weighted by molar-refractivity contribution is 7.99. The number of aromatic nitrogens is 3. The highest BCUT2D eigenvalue weighted by atomic mass is 32.2. The number of thiophene rings is 1. The van der Waals surface area contributed by atoms with Crippen molar-refractivity contribution in [3.8, 4) is 0 Å². The second kappa shape index (κ2) is 9.46. The first kappa shape index (κ1) is 22.5. The van der Waals surface area contributed by atoms with Gasteiger partial charge in [-0.25, -0.2) is 4.79 Å². The Labute approximate surface area is 195 Å². The number of hydrogen-bond acceptors (Lipinski definition) is 7. The third kappa shape index (κ3) is 4.45. The number of hydrogen-bond donors (Lipinski definition) is 1. The minimum atomic E-state index is -0.442. The van der Waals surface area contributed by atoms with Crippen LogP contribution in [0.1, 0.15) is 57.4 Å². The highest BCUT2D eigenvalue weighted by Gasteiger charge is 2.43. The van der Waals surface area contributed by atoms with Crippen LogP contribution in [0.25, 0.3) is 0 Å². The highest BCUT2D eigenvalue weighted by Crippen LogP contribution is 2.54. The van der Waals surface area contributed by atoms with E-state index in [-0.39, 0.29) is 11.7 Å². The number of methoxy groups -OCH3 is 1. The fraction of sp³-hybridized carbons (Fsp3) is 0.391. The summed E-state index contributed by atoms with van der Waals surface area (Å²) in [5.74, 6) is 1.38. The molecule has 7 nitrogen and oxygen atoms in total. The minimum absolute atomic E-state index is 0.182. The van der Waals surface area contributed by atoms with Gasteiger partial charge in [-0.15, -0.1) is 21.5 Å². The molecule has 4 rings (SSSR count). The van der Waals surface area contributed by atoms with Crippen LogP contribution in [-0.4, -0.2) is 39.5 Å². The van der Waals surface area contributed by atoms with Crippen LogP contribution in [0, 0.1) is 13.8 Å². The molecule has 0 spiro atoms. The molecule has 0 bridgehead atoms. The van der Waals surface area contributed by atoms with Gasteiger partial charge in [0.25, 0.3) is 0 Å². The Morgan fingerprint density at radius 3 is 2.66 bits per heavy atom. The van der Waals surface area contributed by atoms with Crippen molar-refractivity contribution >= 4 is 40.0 Å². The first-order chi connectivity index (χ1) is 15.4. The standard InChI is InChI=1S/C23H26N4O3S2/c1-5-27-20(17-11-16(17)15-9-7-6-8-10-15)25-26-23(27)31-12-18(28)24-21-19(22(29)30-4)13(2)14(3)32-21/h6-10,16-17H,5,11-12H2,1-4H3,(H,24,28). The molecule has 9 heteroatoms. The molecule has 168 valence electrons. The van der Waals surface area contributed by atoms with Crippen LogP contribution in [0.4, 0.5) is 5.00 Å². The first-order valence-electron chi connectivity index (χ1n) is 10.5. The van der Waals surface area contributed by atoms with E-state index in [4.69, 9.17) is 4.74 Å². The molecule has 3 aromatic rings. The Morgan fingerprint density at radius 1 is 1.22 bits per heavy atom. The van der Waals surface area contributed by atoms with E-state index in [0.29, 0.717) is 22.4 Å². The summed E-state index contributed by atoms with van der Waals surface area (Å²) < 4.78 is 6.98. The average Bonchev–Trinajstić information content (AvgIpc) is 3.41. The van der Waals surface area contributed by atoms with Crippen molar-refractivity contribution < 1.29 is 14.3 Å². The molecule has 0 saturated heterocycles. The van der Waals surface area contributed by atoms with Crippen molar-refractivity contribution in [2.24, 2.45) is 0 Å². The van der Waals surface area contributed by atoms with Gasteiger partial charge in [0.2, 0.25) is 5.91 Å². The molecule has 1 aromatic carbocycles. The van der Waals surface area contributed by atoms with Gasteiger partial charge < -0.3 is 14.6 Å². The number of ether oxygens (including phenoxy) is 1. The molecule has 1 aliphatic rings. The number of carbonyl (C=O) groups excluding carboxylic acids is 2. The molecule has 2 atom stereocenters. The lowest BCUT2D eigenvalue weighted by Gasteiger charge is -2.08. The monoisotopic (exact) mass is 470 g/mol. The Hall–Kier alpha value is -2.65. The van der Waals surface area contributed by atoms with E-state index in [2.05, 4.69) is 51.3 Å². The number of benzene rings is 1. The molecule has 1 N–H and O–H groups in total. The van der Waals surface area contributed by atoms with Crippen molar-refractivity contribution in [2.45, 2.75) is 50.7 Å². The lowest BCUT2D eigenvalue weighted by Crippen LogP contribution is -2.16. The lowest BCUT2D eigenvalue weighted by molar-refractivity contribution is -0.113. The summed E-state index contributed by atoms with van der Waals surface area (Å²) in [5, 5.41) is 12.9. The van der Waals surface area contributed by atoms with Gasteiger partial charge in [0, 0.05) is 17.3 Å². The van der Waals surface area contributed by atoms with Crippen LogP contribution in [-0.2, 0) is 16.1 Å². The van der Waals surface area contributed by atoms with Gasteiger partial charge in [-0.2, -0.15) is 0 Å². The summed E-state index contributed by atoms with van der Waals surface area (Å²) in [7, 11) is 1.34. The van der Waals surface area contributed by atoms with E-state index in [1.54, 1.807) is 0 Å². The maximum Gasteiger partial charge on any atom is 0.341 e. The van der Waals surface area contributed by atoms with E-state index < -0.39 is 5.97 Å². The number of carbonyl (C=O) groups is 2. The second-order valence-electron chi connectivity index (χ2n) is 7.76. The van der Waals surface area contributed by atoms with Crippen molar-refractivity contribution in [2.75, 3.05) is 18.2 Å². The van der Waals surface area contributed by atoms with Crippen LogP contribution in [0.3, 0.4) is 0 Å². The molecule has 2 unspecified atom stereocenters. The molecule has 0 radical (unpaired) electrons. The smallest absolute Gasteiger partial charge is 0.341 e. The van der Waals surface area contributed by atoms with Gasteiger partial charge in [-0.3, -0.25) is 4.79 Å². The third-order valence-corrected chi connectivity index (χ3v) is 7.86. The molecule has 1 aliphatic carbocycles. The maximum atomic E-state index is 12.6. The molecular formula is C23H26N4O3S2. The fourth-order valence-corrected chi connectivity index (χ4v) is 5.76. The van der Waals surface area contributed by atoms with Crippen molar-refractivity contribution in [1.82, 2.24) is 14.8 Å². The summed E-state index contributed by atoms with van der Waals surface area (Å²) in [4.78, 5) is 25.7. The predicted octanol–water partition coefficient (Wildman–Crippen LogP) is 4.76. The minimum Gasteiger partial charge on any atom is -0.465 e. The topological polar surface area (TPSA) is 86.1 Å². The van der Waals surface area contributed by atoms with E-state index in [9.17, 15) is 9.59 Å². The van der Waals surface area contributed by atoms with Crippen LogP contribution in [0.2, 0.25) is 0 Å². The summed E-state index contributed by atoms with van der Waals surface area (Å²) >= 11 is 2.74. The number of esters is 1. The van der Waals surface area contributed by atoms with Crippen LogP contribution >= 0.6 is 23.1 Å². The number of amides is 1. The summed E-state index contributed by atoms with van der Waals surface area (Å²) in [5.41, 5.74) is 2.59. The Balaban J connectivity index is 1.41. The Morgan fingerprint density at radius 2 is 1.97 bits per heavy atom. The normalized spacial score (nSPS) is 17.2. The van der Waals surface area contributed by atoms with Gasteiger partial charge in [-0.1, -0.05) is 42.1 Å². The van der Waals surface area contributed by atoms with Crippen molar-refractivity contribution in [1.29, 1.82) is 0 Å². The fourth-order valence-electron chi connectivity index (χ4n) is 3.88. The third-order valence-electron chi connectivity index (χ3n) is 5.77. The van der Waals surface area contributed by atoms with E-state index >= 15 is 0 Å². The molecule has 2 heterocycles. The zero-order valence-electron chi connectivity index (χ0n) is 18.5. The van der Waals surface area contributed by atoms with Crippen LogP contribution in [0.15, 0.2) is 35.5 Å². The van der Waals surface area contributed by atoms with Gasteiger partial charge in [0.15, 0.2) is 5.16 Å². The predicted molar refractivity (Wildman–Crippen MR) is 127 cm³/mol. The zero-order valence-corrected chi connectivity index (χ0v) is 20.2. The first-order valence-corrected chi connectivity index (χ1v) is 12.3. The summed E-state index contributed by atoms with van der Waals surface area (Å²) in [6.07, 6.45) is 1.07. The van der Waals surface area contributed by atoms with Crippen molar-refractivity contribution in [3.05, 3.63) is 57.7 Å². The molecule has 1 fully saturated rings. The quantitative estimate of drug-likeness (QED) is 0.377. The number of nitrogens with one attached hydrogen (secondary N) is 1. The van der Waals surface area contributed by atoms with Gasteiger partial charge in [0.1, 0.15) is 10.8 Å². The Bertz CT molecular complexity index is 1140. The number of anilines is 1. The van der Waals surface area contributed by atoms with E-state index in [1.807, 2.05) is 19.9 Å². The van der Waals surface area contributed by atoms with E-state index in [0.717, 1.165) is 34.4 Å². The number of thioether (sulfide) groups is 1. The molecule has 1 saturated carbocycles. The average molecular weight is 471 g/mol. The SMILES string of the molecule is CCn1c(SCC(=O)Nc2sc(C)c(C)c2C(=O)OC)nnc1C1CC1c1ccccc1. The summed E-state index contributed by atoms with van der Waals surface area (Å²) in [6, 6.07) is 10.5. The molecule has 1 amide bonds. The van der Waals surface area contributed by atoms with E-state index in [1.165, 1.54) is 35.8 Å². The number of aryl methyl sites for hydroxylation is 1. The molecule has 2 aromatic heterocycles. The van der Waals surface area contributed by atoms with Gasteiger partial charge in [-0.05, 0) is 44.2 Å². The largest absolute Gasteiger partial charge is 0.465 e. The van der Waals surface area contributed by atoms with Gasteiger partial charge >= 0.3 is 5.97 Å². The van der Waals surface area contributed by atoms with Crippen LogP contribution < -0.4 is 5.32 Å². The zero-order chi connectivity index (χ0) is 22.8. The second-order valence-corrected chi connectivity index (χ2v) is 9.93. The number of nitrogens with zero attached hydrogens (tertiary/aromatic N) is 3.